The highest BCUT2D eigenvalue weighted by Gasteiger charge is 2.23. The van der Waals surface area contributed by atoms with E-state index in [1.54, 1.807) is 32.9 Å². The topological polar surface area (TPSA) is 76.7 Å². The highest BCUT2D eigenvalue weighted by molar-refractivity contribution is 6.32. The van der Waals surface area contributed by atoms with Gasteiger partial charge in [0.1, 0.15) is 11.4 Å². The molecule has 0 aromatic heterocycles. The molecule has 0 spiro atoms. The molecule has 0 fully saturated rings. The van der Waals surface area contributed by atoms with Gasteiger partial charge in [-0.1, -0.05) is 23.7 Å². The quantitative estimate of drug-likeness (QED) is 0.769. The van der Waals surface area contributed by atoms with Crippen molar-refractivity contribution in [3.8, 4) is 5.75 Å². The van der Waals surface area contributed by atoms with E-state index >= 15 is 0 Å². The minimum atomic E-state index is -0.613. The van der Waals surface area contributed by atoms with Gasteiger partial charge in [-0.15, -0.1) is 0 Å². The van der Waals surface area contributed by atoms with E-state index in [-0.39, 0.29) is 25.5 Å². The van der Waals surface area contributed by atoms with Crippen LogP contribution < -0.4 is 15.4 Å². The number of alkyl carbamates (subject to hydrolysis) is 1. The van der Waals surface area contributed by atoms with Gasteiger partial charge in [0, 0.05) is 6.54 Å². The van der Waals surface area contributed by atoms with Gasteiger partial charge in [0.2, 0.25) is 5.91 Å². The van der Waals surface area contributed by atoms with Crippen LogP contribution in [0.3, 0.4) is 0 Å². The first kappa shape index (κ1) is 21.1. The van der Waals surface area contributed by atoms with Crippen molar-refractivity contribution >= 4 is 23.6 Å². The van der Waals surface area contributed by atoms with Crippen molar-refractivity contribution in [3.05, 3.63) is 29.3 Å². The monoisotopic (exact) mass is 370 g/mol. The van der Waals surface area contributed by atoms with E-state index in [0.717, 1.165) is 0 Å². The maximum atomic E-state index is 12.0. The SMILES string of the molecule is CC(C)(CNC(=O)OC(C)(C)C)NC(=O)CCOc1ccccc1Cl. The Hall–Kier alpha value is -1.95. The van der Waals surface area contributed by atoms with Gasteiger partial charge < -0.3 is 20.1 Å². The molecular formula is C18H27ClN2O4. The van der Waals surface area contributed by atoms with Crippen LogP contribution in [0.25, 0.3) is 0 Å². The van der Waals surface area contributed by atoms with Crippen LogP contribution in [-0.2, 0) is 9.53 Å². The summed E-state index contributed by atoms with van der Waals surface area (Å²) in [5.74, 6) is 0.367. The highest BCUT2D eigenvalue weighted by atomic mass is 35.5. The summed E-state index contributed by atoms with van der Waals surface area (Å²) in [6, 6.07) is 7.09. The second-order valence-corrected chi connectivity index (χ2v) is 7.72. The number of carbonyl (C=O) groups excluding carboxylic acids is 2. The molecular weight excluding hydrogens is 344 g/mol. The largest absolute Gasteiger partial charge is 0.491 e. The molecule has 0 aliphatic carbocycles. The van der Waals surface area contributed by atoms with Crippen molar-refractivity contribution in [1.82, 2.24) is 10.6 Å². The molecule has 0 atom stereocenters. The minimum absolute atomic E-state index is 0.178. The van der Waals surface area contributed by atoms with Crippen molar-refractivity contribution in [3.63, 3.8) is 0 Å². The zero-order valence-electron chi connectivity index (χ0n) is 15.4. The Morgan fingerprint density at radius 2 is 1.76 bits per heavy atom. The summed E-state index contributed by atoms with van der Waals surface area (Å²) in [4.78, 5) is 23.7. The lowest BCUT2D eigenvalue weighted by Gasteiger charge is -2.27. The standard InChI is InChI=1S/C18H27ClN2O4/c1-17(2,3)25-16(23)20-12-18(4,5)21-15(22)10-11-24-14-9-7-6-8-13(14)19/h6-9H,10-12H2,1-5H3,(H,20,23)(H,21,22). The highest BCUT2D eigenvalue weighted by Crippen LogP contribution is 2.23. The number of ether oxygens (including phenoxy) is 2. The van der Waals surface area contributed by atoms with Gasteiger partial charge in [-0.2, -0.15) is 0 Å². The van der Waals surface area contributed by atoms with Crippen molar-refractivity contribution in [2.45, 2.75) is 52.2 Å². The summed E-state index contributed by atoms with van der Waals surface area (Å²) in [5.41, 5.74) is -1.17. The van der Waals surface area contributed by atoms with E-state index < -0.39 is 17.2 Å². The Labute approximate surface area is 154 Å². The van der Waals surface area contributed by atoms with Gasteiger partial charge in [0.15, 0.2) is 0 Å². The average molecular weight is 371 g/mol. The van der Waals surface area contributed by atoms with Gasteiger partial charge in [-0.25, -0.2) is 4.79 Å². The Bertz CT molecular complexity index is 597. The lowest BCUT2D eigenvalue weighted by Crippen LogP contribution is -2.52. The summed E-state index contributed by atoms with van der Waals surface area (Å²) < 4.78 is 10.7. The first-order valence-electron chi connectivity index (χ1n) is 8.14. The number of benzene rings is 1. The zero-order chi connectivity index (χ0) is 19.1. The van der Waals surface area contributed by atoms with E-state index in [9.17, 15) is 9.59 Å². The molecule has 0 radical (unpaired) electrons. The van der Waals surface area contributed by atoms with E-state index in [2.05, 4.69) is 10.6 Å². The summed E-state index contributed by atoms with van der Waals surface area (Å²) >= 11 is 5.99. The van der Waals surface area contributed by atoms with Crippen LogP contribution in [0.2, 0.25) is 5.02 Å². The molecule has 0 unspecified atom stereocenters. The molecule has 0 aliphatic rings. The van der Waals surface area contributed by atoms with Crippen molar-refractivity contribution < 1.29 is 19.1 Å². The van der Waals surface area contributed by atoms with Gasteiger partial charge in [0.25, 0.3) is 0 Å². The van der Waals surface area contributed by atoms with Gasteiger partial charge in [-0.05, 0) is 46.8 Å². The van der Waals surface area contributed by atoms with Crippen LogP contribution in [0, 0.1) is 0 Å². The number of rotatable bonds is 7. The zero-order valence-corrected chi connectivity index (χ0v) is 16.2. The van der Waals surface area contributed by atoms with E-state index in [4.69, 9.17) is 21.1 Å². The third kappa shape index (κ3) is 9.19. The molecule has 0 saturated carbocycles. The first-order chi connectivity index (χ1) is 11.5. The molecule has 1 aromatic carbocycles. The Kier molecular flexibility index (Phi) is 7.55. The molecule has 1 aromatic rings. The Morgan fingerprint density at radius 1 is 1.12 bits per heavy atom. The normalized spacial score (nSPS) is 11.6. The molecule has 140 valence electrons. The number of para-hydroxylation sites is 1. The summed E-state index contributed by atoms with van der Waals surface area (Å²) in [6.45, 7) is 9.47. The predicted octanol–water partition coefficient (Wildman–Crippen LogP) is 3.53. The van der Waals surface area contributed by atoms with Crippen LogP contribution in [0.4, 0.5) is 4.79 Å². The molecule has 25 heavy (non-hydrogen) atoms. The molecule has 2 amide bonds. The average Bonchev–Trinajstić information content (AvgIpc) is 2.45. The maximum absolute atomic E-state index is 12.0. The number of nitrogens with one attached hydrogen (secondary N) is 2. The molecule has 0 saturated heterocycles. The summed E-state index contributed by atoms with van der Waals surface area (Å²) in [5, 5.41) is 6.01. The van der Waals surface area contributed by atoms with Gasteiger partial charge >= 0.3 is 6.09 Å². The number of hydrogen-bond donors (Lipinski definition) is 2. The fourth-order valence-corrected chi connectivity index (χ4v) is 2.10. The molecule has 6 nitrogen and oxygen atoms in total. The van der Waals surface area contributed by atoms with E-state index in [1.165, 1.54) is 0 Å². The number of halogens is 1. The Balaban J connectivity index is 2.34. The van der Waals surface area contributed by atoms with E-state index in [0.29, 0.717) is 10.8 Å². The number of amides is 2. The Morgan fingerprint density at radius 3 is 2.36 bits per heavy atom. The molecule has 7 heteroatoms. The molecule has 1 rings (SSSR count). The lowest BCUT2D eigenvalue weighted by atomic mass is 10.1. The summed E-state index contributed by atoms with van der Waals surface area (Å²) in [6.07, 6.45) is -0.335. The molecule has 2 N–H and O–H groups in total. The first-order valence-corrected chi connectivity index (χ1v) is 8.51. The fraction of sp³-hybridized carbons (Fsp3) is 0.556. The number of carbonyl (C=O) groups is 2. The van der Waals surface area contributed by atoms with Crippen LogP contribution in [0.1, 0.15) is 41.0 Å². The second-order valence-electron chi connectivity index (χ2n) is 7.32. The van der Waals surface area contributed by atoms with Gasteiger partial charge in [-0.3, -0.25) is 4.79 Å². The van der Waals surface area contributed by atoms with E-state index in [1.807, 2.05) is 26.0 Å². The molecule has 0 heterocycles. The predicted molar refractivity (Wildman–Crippen MR) is 98.0 cm³/mol. The fourth-order valence-electron chi connectivity index (χ4n) is 1.91. The number of hydrogen-bond acceptors (Lipinski definition) is 4. The third-order valence-electron chi connectivity index (χ3n) is 2.97. The smallest absolute Gasteiger partial charge is 0.407 e. The second kappa shape index (κ2) is 8.94. The van der Waals surface area contributed by atoms with Crippen molar-refractivity contribution in [1.29, 1.82) is 0 Å². The lowest BCUT2D eigenvalue weighted by molar-refractivity contribution is -0.123. The summed E-state index contributed by atoms with van der Waals surface area (Å²) in [7, 11) is 0. The van der Waals surface area contributed by atoms with Crippen LogP contribution in [0.5, 0.6) is 5.75 Å². The minimum Gasteiger partial charge on any atom is -0.491 e. The molecule has 0 aliphatic heterocycles. The molecule has 0 bridgehead atoms. The van der Waals surface area contributed by atoms with Crippen LogP contribution >= 0.6 is 11.6 Å². The van der Waals surface area contributed by atoms with Crippen molar-refractivity contribution in [2.75, 3.05) is 13.2 Å². The van der Waals surface area contributed by atoms with Gasteiger partial charge in [0.05, 0.1) is 23.6 Å². The van der Waals surface area contributed by atoms with Crippen LogP contribution in [-0.4, -0.2) is 36.3 Å². The maximum Gasteiger partial charge on any atom is 0.407 e. The third-order valence-corrected chi connectivity index (χ3v) is 3.29. The van der Waals surface area contributed by atoms with Crippen molar-refractivity contribution in [2.24, 2.45) is 0 Å². The van der Waals surface area contributed by atoms with Crippen LogP contribution in [0.15, 0.2) is 24.3 Å².